The first kappa shape index (κ1) is 14.7. The summed E-state index contributed by atoms with van der Waals surface area (Å²) in [4.78, 5) is 26.3. The minimum absolute atomic E-state index is 0.0277. The number of hydrogen-bond donors (Lipinski definition) is 3. The second kappa shape index (κ2) is 5.49. The number of rotatable bonds is 5. The molecule has 18 heavy (non-hydrogen) atoms. The standard InChI is InChI=1S/C10H17N3O4S/c1-4-5-6(2)13-18(16,17)8-7(3)11-10(15)12-9(8)14/h6,13H,4-5H2,1-3H3,(H2,11,12,14,15)/t6-/m0/s1. The third kappa shape index (κ3) is 3.30. The quantitative estimate of drug-likeness (QED) is 0.693. The molecule has 1 rings (SSSR count). The van der Waals surface area contributed by atoms with E-state index in [-0.39, 0.29) is 11.7 Å². The number of nitrogens with one attached hydrogen (secondary N) is 3. The van der Waals surface area contributed by atoms with Crippen molar-refractivity contribution >= 4 is 10.0 Å². The highest BCUT2D eigenvalue weighted by Gasteiger charge is 2.23. The highest BCUT2D eigenvalue weighted by molar-refractivity contribution is 7.89. The number of aryl methyl sites for hydroxylation is 1. The highest BCUT2D eigenvalue weighted by Crippen LogP contribution is 2.07. The molecule has 1 aromatic rings. The average molecular weight is 275 g/mol. The van der Waals surface area contributed by atoms with Crippen LogP contribution in [-0.4, -0.2) is 24.4 Å². The largest absolute Gasteiger partial charge is 0.325 e. The van der Waals surface area contributed by atoms with Crippen LogP contribution in [0.1, 0.15) is 32.4 Å². The summed E-state index contributed by atoms with van der Waals surface area (Å²) in [7, 11) is -3.92. The van der Waals surface area contributed by atoms with Crippen LogP contribution in [0.2, 0.25) is 0 Å². The van der Waals surface area contributed by atoms with E-state index in [2.05, 4.69) is 9.71 Å². The molecule has 1 heterocycles. The third-order valence-electron chi connectivity index (χ3n) is 2.42. The van der Waals surface area contributed by atoms with Gasteiger partial charge in [-0.2, -0.15) is 0 Å². The summed E-state index contributed by atoms with van der Waals surface area (Å²) in [5.41, 5.74) is -1.61. The Labute approximate surface area is 105 Å². The summed E-state index contributed by atoms with van der Waals surface area (Å²) in [6, 6.07) is -0.272. The lowest BCUT2D eigenvalue weighted by atomic mass is 10.2. The van der Waals surface area contributed by atoms with Gasteiger partial charge >= 0.3 is 5.69 Å². The van der Waals surface area contributed by atoms with Crippen LogP contribution in [0, 0.1) is 6.92 Å². The SMILES string of the molecule is CCC[C@H](C)NS(=O)(=O)c1c(C)[nH]c(=O)[nH]c1=O. The van der Waals surface area contributed by atoms with Gasteiger partial charge in [0.2, 0.25) is 10.0 Å². The second-order valence-corrected chi connectivity index (χ2v) is 5.82. The highest BCUT2D eigenvalue weighted by atomic mass is 32.2. The minimum atomic E-state index is -3.92. The number of H-pyrrole nitrogens is 2. The van der Waals surface area contributed by atoms with Crippen LogP contribution in [0.15, 0.2) is 14.5 Å². The van der Waals surface area contributed by atoms with Gasteiger partial charge in [0.25, 0.3) is 5.56 Å². The molecule has 0 saturated heterocycles. The van der Waals surface area contributed by atoms with Crippen molar-refractivity contribution < 1.29 is 8.42 Å². The van der Waals surface area contributed by atoms with Crippen molar-refractivity contribution in [3.63, 3.8) is 0 Å². The lowest BCUT2D eigenvalue weighted by Crippen LogP contribution is -2.38. The topological polar surface area (TPSA) is 112 Å². The van der Waals surface area contributed by atoms with Gasteiger partial charge in [-0.15, -0.1) is 0 Å². The first-order valence-electron chi connectivity index (χ1n) is 5.63. The zero-order valence-corrected chi connectivity index (χ0v) is 11.3. The molecule has 1 atom stereocenters. The number of aromatic amines is 2. The molecule has 0 fully saturated rings. The molecule has 0 spiro atoms. The molecule has 102 valence electrons. The average Bonchev–Trinajstić information content (AvgIpc) is 2.13. The van der Waals surface area contributed by atoms with E-state index in [1.165, 1.54) is 6.92 Å². The molecule has 0 aromatic carbocycles. The molecule has 8 heteroatoms. The van der Waals surface area contributed by atoms with Crippen molar-refractivity contribution in [1.82, 2.24) is 14.7 Å². The Bertz CT molecular complexity index is 629. The minimum Gasteiger partial charge on any atom is -0.310 e. The van der Waals surface area contributed by atoms with Gasteiger partial charge in [-0.3, -0.25) is 9.78 Å². The summed E-state index contributed by atoms with van der Waals surface area (Å²) >= 11 is 0. The molecular formula is C10H17N3O4S. The van der Waals surface area contributed by atoms with Crippen LogP contribution in [0.5, 0.6) is 0 Å². The van der Waals surface area contributed by atoms with Crippen molar-refractivity contribution in [2.45, 2.75) is 44.6 Å². The van der Waals surface area contributed by atoms with Crippen molar-refractivity contribution in [3.05, 3.63) is 26.5 Å². The predicted octanol–water partition coefficient (Wildman–Crippen LogP) is -0.161. The van der Waals surface area contributed by atoms with E-state index in [9.17, 15) is 18.0 Å². The lowest BCUT2D eigenvalue weighted by Gasteiger charge is -2.13. The maximum absolute atomic E-state index is 12.0. The van der Waals surface area contributed by atoms with Crippen molar-refractivity contribution in [2.75, 3.05) is 0 Å². The molecule has 3 N–H and O–H groups in total. The van der Waals surface area contributed by atoms with Gasteiger partial charge < -0.3 is 4.98 Å². The van der Waals surface area contributed by atoms with Gasteiger partial charge in [0.05, 0.1) is 0 Å². The maximum Gasteiger partial charge on any atom is 0.325 e. The van der Waals surface area contributed by atoms with E-state index < -0.39 is 26.2 Å². The van der Waals surface area contributed by atoms with Crippen molar-refractivity contribution in [2.24, 2.45) is 0 Å². The van der Waals surface area contributed by atoms with Crippen molar-refractivity contribution in [1.29, 1.82) is 0 Å². The molecule has 0 aliphatic rings. The van der Waals surface area contributed by atoms with Gasteiger partial charge in [-0.05, 0) is 20.3 Å². The van der Waals surface area contributed by atoms with Crippen LogP contribution in [0.4, 0.5) is 0 Å². The fraction of sp³-hybridized carbons (Fsp3) is 0.600. The summed E-state index contributed by atoms with van der Waals surface area (Å²) in [5.74, 6) is 0. The van der Waals surface area contributed by atoms with Crippen LogP contribution in [-0.2, 0) is 10.0 Å². The summed E-state index contributed by atoms with van der Waals surface area (Å²) < 4.78 is 26.4. The summed E-state index contributed by atoms with van der Waals surface area (Å²) in [5, 5.41) is 0. The molecule has 0 radical (unpaired) electrons. The van der Waals surface area contributed by atoms with E-state index in [1.54, 1.807) is 6.92 Å². The Kier molecular flexibility index (Phi) is 4.47. The Morgan fingerprint density at radius 1 is 1.28 bits per heavy atom. The molecule has 0 aliphatic heterocycles. The molecule has 1 aromatic heterocycles. The predicted molar refractivity (Wildman–Crippen MR) is 67.1 cm³/mol. The normalized spacial score (nSPS) is 13.5. The van der Waals surface area contributed by atoms with E-state index in [1.807, 2.05) is 11.9 Å². The van der Waals surface area contributed by atoms with E-state index in [0.29, 0.717) is 6.42 Å². The van der Waals surface area contributed by atoms with E-state index >= 15 is 0 Å². The molecule has 7 nitrogen and oxygen atoms in total. The van der Waals surface area contributed by atoms with Gasteiger partial charge in [-0.1, -0.05) is 13.3 Å². The molecule has 0 unspecified atom stereocenters. The summed E-state index contributed by atoms with van der Waals surface area (Å²) in [6.45, 7) is 5.02. The Morgan fingerprint density at radius 3 is 2.39 bits per heavy atom. The van der Waals surface area contributed by atoms with Gasteiger partial charge in [0, 0.05) is 11.7 Å². The number of sulfonamides is 1. The summed E-state index contributed by atoms with van der Waals surface area (Å²) in [6.07, 6.45) is 1.49. The number of aromatic nitrogens is 2. The molecule has 0 bridgehead atoms. The van der Waals surface area contributed by atoms with E-state index in [4.69, 9.17) is 0 Å². The second-order valence-electron chi connectivity index (χ2n) is 4.17. The Balaban J connectivity index is 3.22. The first-order chi connectivity index (χ1) is 8.27. The van der Waals surface area contributed by atoms with Crippen LogP contribution >= 0.6 is 0 Å². The first-order valence-corrected chi connectivity index (χ1v) is 7.11. The smallest absolute Gasteiger partial charge is 0.310 e. The molecule has 0 saturated carbocycles. The van der Waals surface area contributed by atoms with Crippen LogP contribution in [0.3, 0.4) is 0 Å². The maximum atomic E-state index is 12.0. The molecular weight excluding hydrogens is 258 g/mol. The van der Waals surface area contributed by atoms with Crippen LogP contribution < -0.4 is 16.0 Å². The third-order valence-corrected chi connectivity index (χ3v) is 4.16. The Hall–Kier alpha value is -1.41. The van der Waals surface area contributed by atoms with Gasteiger partial charge in [0.1, 0.15) is 0 Å². The fourth-order valence-electron chi connectivity index (χ4n) is 1.73. The molecule has 0 amide bonds. The van der Waals surface area contributed by atoms with Crippen molar-refractivity contribution in [3.8, 4) is 0 Å². The van der Waals surface area contributed by atoms with E-state index in [0.717, 1.165) is 6.42 Å². The number of hydrogen-bond acceptors (Lipinski definition) is 4. The molecule has 0 aliphatic carbocycles. The van der Waals surface area contributed by atoms with Gasteiger partial charge in [0.15, 0.2) is 4.90 Å². The monoisotopic (exact) mass is 275 g/mol. The lowest BCUT2D eigenvalue weighted by molar-refractivity contribution is 0.541. The fourth-order valence-corrected chi connectivity index (χ4v) is 3.24. The Morgan fingerprint density at radius 2 is 1.89 bits per heavy atom. The zero-order valence-electron chi connectivity index (χ0n) is 10.5. The van der Waals surface area contributed by atoms with Gasteiger partial charge in [-0.25, -0.2) is 17.9 Å². The zero-order chi connectivity index (χ0) is 13.9. The van der Waals surface area contributed by atoms with Crippen LogP contribution in [0.25, 0.3) is 0 Å².